The number of pyridine rings is 2. The lowest BCUT2D eigenvalue weighted by molar-refractivity contribution is 0.0259. The number of carbonyl (C=O) groups excluding carboxylic acids is 1. The summed E-state index contributed by atoms with van der Waals surface area (Å²) in [7, 11) is 1.63. The summed E-state index contributed by atoms with van der Waals surface area (Å²) in [6, 6.07) is 8.92. The molecule has 1 aliphatic rings. The van der Waals surface area contributed by atoms with Crippen LogP contribution >= 0.6 is 24.0 Å². The van der Waals surface area contributed by atoms with Crippen molar-refractivity contribution < 1.29 is 23.8 Å². The summed E-state index contributed by atoms with van der Waals surface area (Å²) >= 11 is 6.61. The molecule has 40 heavy (non-hydrogen) atoms. The van der Waals surface area contributed by atoms with E-state index in [0.717, 1.165) is 18.4 Å². The maximum Gasteiger partial charge on any atom is 0.255 e. The van der Waals surface area contributed by atoms with Crippen LogP contribution in [-0.4, -0.2) is 65.4 Å². The minimum atomic E-state index is -0.230. The maximum atomic E-state index is 12.6. The van der Waals surface area contributed by atoms with Crippen LogP contribution in [-0.2, 0) is 4.74 Å². The first-order valence-corrected chi connectivity index (χ1v) is 12.9. The number of rotatable bonds is 7. The van der Waals surface area contributed by atoms with E-state index < -0.39 is 0 Å². The van der Waals surface area contributed by atoms with Crippen LogP contribution < -0.4 is 4.74 Å². The zero-order valence-electron chi connectivity index (χ0n) is 22.0. The number of benzene rings is 1. The molecule has 5 rings (SSSR count). The minimum Gasteiger partial charge on any atom is -0.501 e. The monoisotopic (exact) mass is 582 g/mol. The molecule has 0 saturated carbocycles. The molecule has 1 fully saturated rings. The topological polar surface area (TPSA) is 102 Å². The smallest absolute Gasteiger partial charge is 0.255 e. The summed E-state index contributed by atoms with van der Waals surface area (Å²) in [5.74, 6) is 0.777. The van der Waals surface area contributed by atoms with Gasteiger partial charge in [-0.15, -0.1) is 12.4 Å². The Balaban J connectivity index is 0.00000370. The SMILES string of the molecule is Cl.[C-]#[N+]c1cc(-c2c(Cl)cnc3cc(-c4ncc(C(=O)N(C)CCO)cc4C)oc23)ccc1OC1CCOCC1. The molecular formula is C29H28Cl2N4O5. The van der Waals surface area contributed by atoms with Gasteiger partial charge < -0.3 is 23.9 Å². The molecule has 0 bridgehead atoms. The summed E-state index contributed by atoms with van der Waals surface area (Å²) in [5, 5.41) is 9.50. The molecule has 3 aromatic heterocycles. The van der Waals surface area contributed by atoms with Gasteiger partial charge >= 0.3 is 0 Å². The highest BCUT2D eigenvalue weighted by atomic mass is 35.5. The lowest BCUT2D eigenvalue weighted by atomic mass is 10.0. The predicted molar refractivity (Wildman–Crippen MR) is 154 cm³/mol. The zero-order chi connectivity index (χ0) is 27.5. The van der Waals surface area contributed by atoms with E-state index in [1.807, 2.05) is 13.0 Å². The molecule has 4 aromatic rings. The summed E-state index contributed by atoms with van der Waals surface area (Å²) in [6.07, 6.45) is 4.63. The van der Waals surface area contributed by atoms with Crippen molar-refractivity contribution in [1.82, 2.24) is 14.9 Å². The number of hydrogen-bond donors (Lipinski definition) is 1. The van der Waals surface area contributed by atoms with Crippen molar-refractivity contribution in [3.8, 4) is 28.3 Å². The minimum absolute atomic E-state index is 0. The van der Waals surface area contributed by atoms with Crippen LogP contribution in [0.2, 0.25) is 5.02 Å². The largest absolute Gasteiger partial charge is 0.501 e. The average Bonchev–Trinajstić information content (AvgIpc) is 3.37. The number of aliphatic hydroxyl groups excluding tert-OH is 1. The van der Waals surface area contributed by atoms with Crippen LogP contribution in [0.25, 0.3) is 38.5 Å². The van der Waals surface area contributed by atoms with Crippen LogP contribution in [0.3, 0.4) is 0 Å². The molecule has 0 atom stereocenters. The standard InChI is InChI=1S/C29H27ClN4O5.ClH/c1-17-12-19(29(36)34(3)8-9-35)15-33-27(17)25-14-23-28(39-25)26(21(30)16-32-23)18-4-5-24(22(13-18)31-2)38-20-6-10-37-11-7-20;/h4-5,12-16,20,35H,6-11H2,1,3H3;1H. The number of fused-ring (bicyclic) bond motifs is 1. The molecule has 11 heteroatoms. The fourth-order valence-corrected chi connectivity index (χ4v) is 4.84. The number of aryl methyl sites for hydroxylation is 1. The molecule has 0 radical (unpaired) electrons. The Morgan fingerprint density at radius 3 is 2.70 bits per heavy atom. The van der Waals surface area contributed by atoms with Crippen LogP contribution in [0.15, 0.2) is 47.1 Å². The number of ether oxygens (including phenoxy) is 2. The molecule has 0 aliphatic carbocycles. The fourth-order valence-electron chi connectivity index (χ4n) is 4.60. The van der Waals surface area contributed by atoms with Gasteiger partial charge in [-0.1, -0.05) is 17.7 Å². The van der Waals surface area contributed by atoms with E-state index >= 15 is 0 Å². The van der Waals surface area contributed by atoms with Crippen molar-refractivity contribution in [2.75, 3.05) is 33.4 Å². The highest BCUT2D eigenvalue weighted by Crippen LogP contribution is 2.41. The third-order valence-electron chi connectivity index (χ3n) is 6.67. The third kappa shape index (κ3) is 5.91. The van der Waals surface area contributed by atoms with Crippen molar-refractivity contribution in [2.24, 2.45) is 0 Å². The summed E-state index contributed by atoms with van der Waals surface area (Å²) < 4.78 is 17.8. The lowest BCUT2D eigenvalue weighted by Crippen LogP contribution is -2.29. The summed E-state index contributed by atoms with van der Waals surface area (Å²) in [4.78, 5) is 26.7. The van der Waals surface area contributed by atoms with Crippen molar-refractivity contribution in [3.05, 3.63) is 70.3 Å². The first-order valence-electron chi connectivity index (χ1n) is 12.6. The number of amides is 1. The van der Waals surface area contributed by atoms with E-state index in [1.165, 1.54) is 11.1 Å². The van der Waals surface area contributed by atoms with Gasteiger partial charge in [0.05, 0.1) is 37.0 Å². The number of nitrogens with zero attached hydrogens (tertiary/aromatic N) is 4. The molecule has 9 nitrogen and oxygen atoms in total. The van der Waals surface area contributed by atoms with Gasteiger partial charge in [0.25, 0.3) is 5.91 Å². The third-order valence-corrected chi connectivity index (χ3v) is 6.95. The molecule has 1 aliphatic heterocycles. The van der Waals surface area contributed by atoms with Gasteiger partial charge in [-0.2, -0.15) is 0 Å². The van der Waals surface area contributed by atoms with Gasteiger partial charge in [-0.25, -0.2) is 4.85 Å². The normalized spacial score (nSPS) is 13.5. The first kappa shape index (κ1) is 29.3. The van der Waals surface area contributed by atoms with E-state index in [-0.39, 0.29) is 37.6 Å². The quantitative estimate of drug-likeness (QED) is 0.262. The number of halogens is 2. The van der Waals surface area contributed by atoms with Gasteiger partial charge in [0, 0.05) is 50.5 Å². The van der Waals surface area contributed by atoms with Gasteiger partial charge in [-0.3, -0.25) is 14.8 Å². The second-order valence-electron chi connectivity index (χ2n) is 9.37. The molecule has 1 N–H and O–H groups in total. The van der Waals surface area contributed by atoms with Crippen LogP contribution in [0.5, 0.6) is 5.75 Å². The highest BCUT2D eigenvalue weighted by molar-refractivity contribution is 6.34. The van der Waals surface area contributed by atoms with Gasteiger partial charge in [0.1, 0.15) is 23.1 Å². The number of likely N-dealkylation sites (N-methyl/N-ethyl adjacent to an activating group) is 1. The Morgan fingerprint density at radius 2 is 2.00 bits per heavy atom. The molecule has 208 valence electrons. The molecule has 1 aromatic carbocycles. The molecule has 1 amide bonds. The Labute approximate surface area is 242 Å². The van der Waals surface area contributed by atoms with Crippen molar-refractivity contribution >= 4 is 46.7 Å². The molecule has 0 unspecified atom stereocenters. The first-order chi connectivity index (χ1) is 18.9. The van der Waals surface area contributed by atoms with Crippen LogP contribution in [0.4, 0.5) is 5.69 Å². The van der Waals surface area contributed by atoms with E-state index in [2.05, 4.69) is 14.8 Å². The van der Waals surface area contributed by atoms with Crippen LogP contribution in [0.1, 0.15) is 28.8 Å². The van der Waals surface area contributed by atoms with Crippen molar-refractivity contribution in [2.45, 2.75) is 25.9 Å². The number of aliphatic hydroxyl groups is 1. The van der Waals surface area contributed by atoms with E-state index in [0.29, 0.717) is 68.9 Å². The number of carbonyl (C=O) groups is 1. The average molecular weight is 583 g/mol. The lowest BCUT2D eigenvalue weighted by Gasteiger charge is -2.24. The van der Waals surface area contributed by atoms with Gasteiger partial charge in [0.15, 0.2) is 11.3 Å². The zero-order valence-corrected chi connectivity index (χ0v) is 23.6. The second kappa shape index (κ2) is 12.7. The Bertz CT molecular complexity index is 1580. The molecule has 0 spiro atoms. The summed E-state index contributed by atoms with van der Waals surface area (Å²) in [5.41, 5.74) is 4.49. The fraction of sp³-hybridized carbons (Fsp3) is 0.310. The van der Waals surface area contributed by atoms with Crippen molar-refractivity contribution in [3.63, 3.8) is 0 Å². The summed E-state index contributed by atoms with van der Waals surface area (Å²) in [6.45, 7) is 11.0. The number of hydrogen-bond acceptors (Lipinski definition) is 7. The Hall–Kier alpha value is -3.68. The maximum absolute atomic E-state index is 12.6. The Kier molecular flexibility index (Phi) is 9.28. The van der Waals surface area contributed by atoms with Crippen LogP contribution in [0, 0.1) is 13.5 Å². The number of aromatic nitrogens is 2. The highest BCUT2D eigenvalue weighted by Gasteiger charge is 2.21. The van der Waals surface area contributed by atoms with Gasteiger partial charge in [0.2, 0.25) is 5.69 Å². The second-order valence-corrected chi connectivity index (χ2v) is 9.78. The molecule has 4 heterocycles. The van der Waals surface area contributed by atoms with Gasteiger partial charge in [-0.05, 0) is 36.2 Å². The van der Waals surface area contributed by atoms with E-state index in [9.17, 15) is 4.79 Å². The van der Waals surface area contributed by atoms with E-state index in [1.54, 1.807) is 37.5 Å². The molecular weight excluding hydrogens is 555 g/mol. The number of furan rings is 1. The molecule has 1 saturated heterocycles. The Morgan fingerprint density at radius 1 is 1.23 bits per heavy atom. The predicted octanol–water partition coefficient (Wildman–Crippen LogP) is 6.11. The van der Waals surface area contributed by atoms with Crippen molar-refractivity contribution in [1.29, 1.82) is 0 Å². The van der Waals surface area contributed by atoms with E-state index in [4.69, 9.17) is 37.2 Å².